The lowest BCUT2D eigenvalue weighted by molar-refractivity contribution is -0.160. The Morgan fingerprint density at radius 3 is 2.21 bits per heavy atom. The van der Waals surface area contributed by atoms with E-state index in [9.17, 15) is 18.8 Å². The van der Waals surface area contributed by atoms with Crippen molar-refractivity contribution in [1.82, 2.24) is 10.9 Å². The van der Waals surface area contributed by atoms with Crippen LogP contribution >= 0.6 is 0 Å². The molecule has 29 heavy (non-hydrogen) atoms. The maximum atomic E-state index is 13.3. The Hall–Kier alpha value is -3.22. The van der Waals surface area contributed by atoms with Crippen LogP contribution in [-0.4, -0.2) is 23.9 Å². The van der Waals surface area contributed by atoms with Crippen molar-refractivity contribution in [2.75, 3.05) is 0 Å². The number of nitrogens with one attached hydrogen (secondary N) is 2. The molecule has 0 unspecified atom stereocenters. The van der Waals surface area contributed by atoms with Gasteiger partial charge < -0.3 is 4.74 Å². The fraction of sp³-hybridized carbons (Fsp3) is 0.318. The van der Waals surface area contributed by atoms with Gasteiger partial charge in [-0.2, -0.15) is 0 Å². The van der Waals surface area contributed by atoms with Crippen LogP contribution in [0.5, 0.6) is 0 Å². The van der Waals surface area contributed by atoms with Crippen LogP contribution < -0.4 is 10.9 Å². The minimum atomic E-state index is -1.10. The van der Waals surface area contributed by atoms with Crippen molar-refractivity contribution in [3.63, 3.8) is 0 Å². The Bertz CT molecular complexity index is 877. The Balaban J connectivity index is 1.61. The quantitative estimate of drug-likeness (QED) is 0.599. The largest absolute Gasteiger partial charge is 0.452 e. The molecule has 1 atom stereocenters. The second-order valence-corrected chi connectivity index (χ2v) is 7.15. The Kier molecular flexibility index (Phi) is 6.26. The molecule has 2 aromatic carbocycles. The number of benzene rings is 2. The molecule has 7 heteroatoms. The molecule has 2 N–H and O–H groups in total. The van der Waals surface area contributed by atoms with E-state index in [1.54, 1.807) is 42.5 Å². The smallest absolute Gasteiger partial charge is 0.317 e. The number of esters is 1. The summed E-state index contributed by atoms with van der Waals surface area (Å²) in [7, 11) is 0. The number of carbonyl (C=O) groups is 3. The SMILES string of the molecule is C[C@H](OC(=O)C1(c2ccc(F)cc2)CCCC1)C(=O)NNC(=O)c1ccccc1. The zero-order chi connectivity index (χ0) is 20.9. The molecule has 0 aromatic heterocycles. The fourth-order valence-corrected chi connectivity index (χ4v) is 3.57. The van der Waals surface area contributed by atoms with E-state index in [0.717, 1.165) is 12.8 Å². The maximum Gasteiger partial charge on any atom is 0.317 e. The summed E-state index contributed by atoms with van der Waals surface area (Å²) in [6, 6.07) is 14.2. The lowest BCUT2D eigenvalue weighted by Crippen LogP contribution is -2.48. The summed E-state index contributed by atoms with van der Waals surface area (Å²) < 4.78 is 18.7. The first kappa shape index (κ1) is 20.5. The molecule has 6 nitrogen and oxygen atoms in total. The molecule has 1 aliphatic rings. The number of rotatable bonds is 5. The molecule has 3 rings (SSSR count). The van der Waals surface area contributed by atoms with Crippen LogP contribution in [0.25, 0.3) is 0 Å². The fourth-order valence-electron chi connectivity index (χ4n) is 3.57. The molecule has 0 saturated heterocycles. The molecule has 0 heterocycles. The van der Waals surface area contributed by atoms with Gasteiger partial charge in [-0.1, -0.05) is 43.2 Å². The third kappa shape index (κ3) is 4.62. The lowest BCUT2D eigenvalue weighted by atomic mass is 9.79. The van der Waals surface area contributed by atoms with Crippen LogP contribution in [0.1, 0.15) is 48.5 Å². The second kappa shape index (κ2) is 8.86. The highest BCUT2D eigenvalue weighted by Crippen LogP contribution is 2.42. The van der Waals surface area contributed by atoms with Crippen LogP contribution in [-0.2, 0) is 19.7 Å². The number of ether oxygens (including phenoxy) is 1. The molecule has 152 valence electrons. The molecule has 0 aliphatic heterocycles. The van der Waals surface area contributed by atoms with Gasteiger partial charge in [0.15, 0.2) is 6.10 Å². The number of hydrogen-bond acceptors (Lipinski definition) is 4. The number of halogens is 1. The predicted octanol–water partition coefficient (Wildman–Crippen LogP) is 3.03. The van der Waals surface area contributed by atoms with Gasteiger partial charge in [0.25, 0.3) is 11.8 Å². The monoisotopic (exact) mass is 398 g/mol. The van der Waals surface area contributed by atoms with E-state index in [2.05, 4.69) is 10.9 Å². The van der Waals surface area contributed by atoms with Gasteiger partial charge in [0.2, 0.25) is 0 Å². The Labute approximate surface area is 168 Å². The Morgan fingerprint density at radius 1 is 0.966 bits per heavy atom. The van der Waals surface area contributed by atoms with E-state index in [-0.39, 0.29) is 5.82 Å². The first-order chi connectivity index (χ1) is 13.9. The minimum absolute atomic E-state index is 0.378. The highest BCUT2D eigenvalue weighted by atomic mass is 19.1. The minimum Gasteiger partial charge on any atom is -0.452 e. The summed E-state index contributed by atoms with van der Waals surface area (Å²) in [5, 5.41) is 0. The third-order valence-corrected chi connectivity index (χ3v) is 5.23. The maximum absolute atomic E-state index is 13.3. The average molecular weight is 398 g/mol. The van der Waals surface area contributed by atoms with Gasteiger partial charge in [0.05, 0.1) is 5.41 Å². The van der Waals surface area contributed by atoms with E-state index in [1.165, 1.54) is 19.1 Å². The summed E-state index contributed by atoms with van der Waals surface area (Å²) in [5.74, 6) is -2.01. The number of carbonyl (C=O) groups excluding carboxylic acids is 3. The van der Waals surface area contributed by atoms with Crippen LogP contribution in [0, 0.1) is 5.82 Å². The van der Waals surface area contributed by atoms with Crippen molar-refractivity contribution in [2.45, 2.75) is 44.1 Å². The summed E-state index contributed by atoms with van der Waals surface area (Å²) in [5.41, 5.74) is 4.76. The van der Waals surface area contributed by atoms with Crippen molar-refractivity contribution >= 4 is 17.8 Å². The number of amides is 2. The van der Waals surface area contributed by atoms with Gasteiger partial charge in [0.1, 0.15) is 5.82 Å². The molecule has 1 fully saturated rings. The summed E-state index contributed by atoms with van der Waals surface area (Å²) >= 11 is 0. The van der Waals surface area contributed by atoms with Crippen molar-refractivity contribution in [3.05, 3.63) is 71.5 Å². The topological polar surface area (TPSA) is 84.5 Å². The van der Waals surface area contributed by atoms with E-state index >= 15 is 0 Å². The first-order valence-electron chi connectivity index (χ1n) is 9.55. The average Bonchev–Trinajstić information content (AvgIpc) is 3.24. The van der Waals surface area contributed by atoms with Crippen molar-refractivity contribution < 1.29 is 23.5 Å². The standard InChI is InChI=1S/C22H23FN2O4/c1-15(19(26)24-25-20(27)16-7-3-2-4-8-16)29-21(28)22(13-5-6-14-22)17-9-11-18(23)12-10-17/h2-4,7-12,15H,5-6,13-14H2,1H3,(H,24,26)(H,25,27)/t15-/m0/s1. The summed E-state index contributed by atoms with van der Waals surface area (Å²) in [6.45, 7) is 1.44. The number of hydrogen-bond donors (Lipinski definition) is 2. The molecule has 2 amide bonds. The zero-order valence-electron chi connectivity index (χ0n) is 16.1. The van der Waals surface area contributed by atoms with Crippen molar-refractivity contribution in [2.24, 2.45) is 0 Å². The lowest BCUT2D eigenvalue weighted by Gasteiger charge is -2.28. The van der Waals surface area contributed by atoms with Gasteiger partial charge in [-0.3, -0.25) is 25.2 Å². The number of hydrazine groups is 1. The molecular weight excluding hydrogens is 375 g/mol. The highest BCUT2D eigenvalue weighted by molar-refractivity contribution is 5.96. The molecule has 0 radical (unpaired) electrons. The van der Waals surface area contributed by atoms with Crippen LogP contribution in [0.4, 0.5) is 4.39 Å². The van der Waals surface area contributed by atoms with Crippen LogP contribution in [0.2, 0.25) is 0 Å². The van der Waals surface area contributed by atoms with E-state index < -0.39 is 29.3 Å². The van der Waals surface area contributed by atoms with Gasteiger partial charge in [0, 0.05) is 5.56 Å². The van der Waals surface area contributed by atoms with E-state index in [1.807, 2.05) is 0 Å². The molecular formula is C22H23FN2O4. The highest BCUT2D eigenvalue weighted by Gasteiger charge is 2.45. The first-order valence-corrected chi connectivity index (χ1v) is 9.55. The van der Waals surface area contributed by atoms with Crippen LogP contribution in [0.3, 0.4) is 0 Å². The third-order valence-electron chi connectivity index (χ3n) is 5.23. The molecule has 1 aliphatic carbocycles. The van der Waals surface area contributed by atoms with Gasteiger partial charge >= 0.3 is 5.97 Å². The van der Waals surface area contributed by atoms with Crippen LogP contribution in [0.15, 0.2) is 54.6 Å². The van der Waals surface area contributed by atoms with E-state index in [4.69, 9.17) is 4.74 Å². The summed E-state index contributed by atoms with van der Waals surface area (Å²) in [4.78, 5) is 37.2. The summed E-state index contributed by atoms with van der Waals surface area (Å²) in [6.07, 6.45) is 1.75. The van der Waals surface area contributed by atoms with Gasteiger partial charge in [-0.05, 0) is 49.6 Å². The molecule has 1 saturated carbocycles. The van der Waals surface area contributed by atoms with Crippen molar-refractivity contribution in [3.8, 4) is 0 Å². The normalized spacial score (nSPS) is 15.9. The zero-order valence-corrected chi connectivity index (χ0v) is 16.1. The predicted molar refractivity (Wildman–Crippen MR) is 104 cm³/mol. The molecule has 0 bridgehead atoms. The Morgan fingerprint density at radius 2 is 1.59 bits per heavy atom. The van der Waals surface area contributed by atoms with Gasteiger partial charge in [-0.15, -0.1) is 0 Å². The van der Waals surface area contributed by atoms with E-state index in [0.29, 0.717) is 24.0 Å². The van der Waals surface area contributed by atoms with Crippen molar-refractivity contribution in [1.29, 1.82) is 0 Å². The second-order valence-electron chi connectivity index (χ2n) is 7.15. The molecule has 2 aromatic rings. The van der Waals surface area contributed by atoms with Gasteiger partial charge in [-0.25, -0.2) is 4.39 Å². The molecule has 0 spiro atoms.